The Labute approximate surface area is 123 Å². The van der Waals surface area contributed by atoms with Gasteiger partial charge in [-0.3, -0.25) is 4.79 Å². The Morgan fingerprint density at radius 3 is 2.67 bits per heavy atom. The average Bonchev–Trinajstić information content (AvgIpc) is 2.33. The van der Waals surface area contributed by atoms with Crippen molar-refractivity contribution in [1.82, 2.24) is 4.57 Å². The van der Waals surface area contributed by atoms with Crippen LogP contribution in [-0.2, 0) is 6.54 Å². The minimum absolute atomic E-state index is 0.0593. The maximum absolute atomic E-state index is 13.0. The Hall–Kier alpha value is -0.880. The molecule has 18 heavy (non-hydrogen) atoms. The summed E-state index contributed by atoms with van der Waals surface area (Å²) >= 11 is 8.02. The minimum Gasteiger partial charge on any atom is -0.308 e. The van der Waals surface area contributed by atoms with E-state index in [0.29, 0.717) is 26.4 Å². The zero-order chi connectivity index (χ0) is 13.3. The molecule has 0 radical (unpaired) electrons. The molecule has 0 saturated carbocycles. The van der Waals surface area contributed by atoms with Gasteiger partial charge in [-0.15, -0.1) is 0 Å². The van der Waals surface area contributed by atoms with Gasteiger partial charge in [0.1, 0.15) is 5.82 Å². The first kappa shape index (κ1) is 13.5. The van der Waals surface area contributed by atoms with E-state index in [0.717, 1.165) is 0 Å². The zero-order valence-electron chi connectivity index (χ0n) is 9.58. The van der Waals surface area contributed by atoms with E-state index >= 15 is 0 Å². The number of halogens is 3. The molecule has 2 nitrogen and oxygen atoms in total. The first-order valence-electron chi connectivity index (χ1n) is 5.39. The first-order chi connectivity index (χ1) is 8.54. The molecule has 2 rings (SSSR count). The van der Waals surface area contributed by atoms with E-state index in [-0.39, 0.29) is 11.4 Å². The number of rotatable bonds is 2. The monoisotopic (exact) mass is 377 g/mol. The van der Waals surface area contributed by atoms with Gasteiger partial charge in [0.25, 0.3) is 5.56 Å². The van der Waals surface area contributed by atoms with Gasteiger partial charge in [0.15, 0.2) is 0 Å². The molecule has 0 atom stereocenters. The van der Waals surface area contributed by atoms with Crippen LogP contribution in [0.2, 0.25) is 5.02 Å². The van der Waals surface area contributed by atoms with Crippen LogP contribution >= 0.6 is 34.2 Å². The third-order valence-corrected chi connectivity index (χ3v) is 3.78. The lowest BCUT2D eigenvalue weighted by molar-refractivity contribution is 0.628. The van der Waals surface area contributed by atoms with Crippen LogP contribution in [-0.4, -0.2) is 4.57 Å². The van der Waals surface area contributed by atoms with E-state index in [1.165, 1.54) is 12.1 Å². The fourth-order valence-electron chi connectivity index (χ4n) is 1.80. The van der Waals surface area contributed by atoms with Crippen molar-refractivity contribution < 1.29 is 4.39 Å². The van der Waals surface area contributed by atoms with E-state index in [2.05, 4.69) is 0 Å². The smallest absolute Gasteiger partial charge is 0.264 e. The van der Waals surface area contributed by atoms with Gasteiger partial charge >= 0.3 is 0 Å². The molecule has 0 N–H and O–H groups in total. The molecular weight excluding hydrogens is 368 g/mol. The molecule has 0 unspecified atom stereocenters. The highest BCUT2D eigenvalue weighted by atomic mass is 127. The van der Waals surface area contributed by atoms with Crippen molar-refractivity contribution in [3.8, 4) is 11.3 Å². The molecule has 0 aliphatic carbocycles. The quantitative estimate of drug-likeness (QED) is 0.727. The maximum Gasteiger partial charge on any atom is 0.264 e. The molecule has 0 aliphatic heterocycles. The number of hydrogen-bond acceptors (Lipinski definition) is 1. The fourth-order valence-corrected chi connectivity index (χ4v) is 2.53. The highest BCUT2D eigenvalue weighted by Gasteiger charge is 2.11. The summed E-state index contributed by atoms with van der Waals surface area (Å²) in [4.78, 5) is 12.0. The third kappa shape index (κ3) is 2.44. The fraction of sp³-hybridized carbons (Fsp3) is 0.154. The average molecular weight is 378 g/mol. The molecule has 0 amide bonds. The molecule has 0 aliphatic rings. The molecular formula is C13H10ClFINO. The van der Waals surface area contributed by atoms with Crippen molar-refractivity contribution in [2.45, 2.75) is 13.5 Å². The van der Waals surface area contributed by atoms with Crippen LogP contribution in [0.3, 0.4) is 0 Å². The number of pyridine rings is 1. The molecule has 0 fully saturated rings. The standard InChI is InChI=1S/C13H10ClFINO/c1-2-17-12(6-5-11(16)13(17)18)9-4-3-8(15)7-10(9)14/h3-7H,2H2,1H3. The van der Waals surface area contributed by atoms with Gasteiger partial charge in [-0.1, -0.05) is 11.6 Å². The van der Waals surface area contributed by atoms with Crippen molar-refractivity contribution in [2.24, 2.45) is 0 Å². The Morgan fingerprint density at radius 2 is 2.06 bits per heavy atom. The predicted octanol–water partition coefficient (Wildman–Crippen LogP) is 3.93. The summed E-state index contributed by atoms with van der Waals surface area (Å²) < 4.78 is 15.3. The second-order valence-corrected chi connectivity index (χ2v) is 5.31. The molecule has 94 valence electrons. The Bertz CT molecular complexity index is 654. The SMILES string of the molecule is CCn1c(-c2ccc(F)cc2Cl)ccc(I)c1=O. The highest BCUT2D eigenvalue weighted by molar-refractivity contribution is 14.1. The number of aromatic nitrogens is 1. The molecule has 5 heteroatoms. The molecule has 0 bridgehead atoms. The molecule has 2 aromatic rings. The normalized spacial score (nSPS) is 10.7. The van der Waals surface area contributed by atoms with Gasteiger partial charge in [0, 0.05) is 12.1 Å². The molecule has 0 spiro atoms. The summed E-state index contributed by atoms with van der Waals surface area (Å²) in [6, 6.07) is 7.74. The maximum atomic E-state index is 13.0. The summed E-state index contributed by atoms with van der Waals surface area (Å²) in [7, 11) is 0. The van der Waals surface area contributed by atoms with Crippen LogP contribution in [0.25, 0.3) is 11.3 Å². The lowest BCUT2D eigenvalue weighted by Crippen LogP contribution is -2.22. The van der Waals surface area contributed by atoms with Gasteiger partial charge in [-0.25, -0.2) is 4.39 Å². The predicted molar refractivity (Wildman–Crippen MR) is 79.5 cm³/mol. The Kier molecular flexibility index (Phi) is 4.07. The number of nitrogens with zero attached hydrogens (tertiary/aromatic N) is 1. The van der Waals surface area contributed by atoms with Crippen molar-refractivity contribution >= 4 is 34.2 Å². The molecule has 1 aromatic heterocycles. The summed E-state index contributed by atoms with van der Waals surface area (Å²) in [5, 5.41) is 0.304. The van der Waals surface area contributed by atoms with Crippen LogP contribution in [0, 0.1) is 9.39 Å². The molecule has 0 saturated heterocycles. The Balaban J connectivity index is 2.71. The van der Waals surface area contributed by atoms with Gasteiger partial charge < -0.3 is 4.57 Å². The second kappa shape index (κ2) is 5.40. The third-order valence-electron chi connectivity index (χ3n) is 2.65. The van der Waals surface area contributed by atoms with Crippen LogP contribution in [0.4, 0.5) is 4.39 Å². The zero-order valence-corrected chi connectivity index (χ0v) is 12.5. The van der Waals surface area contributed by atoms with Crippen LogP contribution in [0.5, 0.6) is 0 Å². The van der Waals surface area contributed by atoms with Crippen LogP contribution < -0.4 is 5.56 Å². The summed E-state index contributed by atoms with van der Waals surface area (Å²) in [6.45, 7) is 2.43. The Morgan fingerprint density at radius 1 is 1.33 bits per heavy atom. The van der Waals surface area contributed by atoms with Crippen molar-refractivity contribution in [1.29, 1.82) is 0 Å². The first-order valence-corrected chi connectivity index (χ1v) is 6.85. The largest absolute Gasteiger partial charge is 0.308 e. The number of benzene rings is 1. The summed E-state index contributed by atoms with van der Waals surface area (Å²) in [6.07, 6.45) is 0. The van der Waals surface area contributed by atoms with E-state index in [9.17, 15) is 9.18 Å². The van der Waals surface area contributed by atoms with Crippen molar-refractivity contribution in [3.63, 3.8) is 0 Å². The van der Waals surface area contributed by atoms with Crippen molar-refractivity contribution in [3.05, 3.63) is 55.1 Å². The van der Waals surface area contributed by atoms with Crippen LogP contribution in [0.1, 0.15) is 6.92 Å². The van der Waals surface area contributed by atoms with E-state index in [1.54, 1.807) is 16.7 Å². The summed E-state index contributed by atoms with van der Waals surface area (Å²) in [5.74, 6) is -0.389. The highest BCUT2D eigenvalue weighted by Crippen LogP contribution is 2.28. The summed E-state index contributed by atoms with van der Waals surface area (Å²) in [5.41, 5.74) is 1.30. The lowest BCUT2D eigenvalue weighted by Gasteiger charge is -2.12. The van der Waals surface area contributed by atoms with Gasteiger partial charge in [-0.2, -0.15) is 0 Å². The lowest BCUT2D eigenvalue weighted by atomic mass is 10.1. The van der Waals surface area contributed by atoms with Crippen LogP contribution in [0.15, 0.2) is 35.1 Å². The molecule has 1 aromatic carbocycles. The van der Waals surface area contributed by atoms with E-state index < -0.39 is 0 Å². The molecule has 1 heterocycles. The van der Waals surface area contributed by atoms with Gasteiger partial charge in [0.05, 0.1) is 14.3 Å². The minimum atomic E-state index is -0.389. The topological polar surface area (TPSA) is 22.0 Å². The number of hydrogen-bond donors (Lipinski definition) is 0. The van der Waals surface area contributed by atoms with E-state index in [1.807, 2.05) is 35.6 Å². The van der Waals surface area contributed by atoms with E-state index in [4.69, 9.17) is 11.6 Å². The van der Waals surface area contributed by atoms with Gasteiger partial charge in [-0.05, 0) is 59.8 Å². The second-order valence-electron chi connectivity index (χ2n) is 3.74. The van der Waals surface area contributed by atoms with Gasteiger partial charge in [0.2, 0.25) is 0 Å². The van der Waals surface area contributed by atoms with Crippen molar-refractivity contribution in [2.75, 3.05) is 0 Å².